The van der Waals surface area contributed by atoms with Gasteiger partial charge in [-0.15, -0.1) is 0 Å². The highest BCUT2D eigenvalue weighted by atomic mass is 16.4. The van der Waals surface area contributed by atoms with Crippen LogP contribution >= 0.6 is 0 Å². The summed E-state index contributed by atoms with van der Waals surface area (Å²) in [5.74, 6) is 0. The molecule has 82 valence electrons. The van der Waals surface area contributed by atoms with Crippen molar-refractivity contribution in [2.45, 2.75) is 32.9 Å². The molecule has 2 N–H and O–H groups in total. The second-order valence-electron chi connectivity index (χ2n) is 4.15. The number of benzene rings is 1. The number of nitrogens with one attached hydrogen (secondary N) is 1. The molecular formula is C12H18N2O. The molecule has 0 fully saturated rings. The van der Waals surface area contributed by atoms with E-state index in [0.717, 1.165) is 6.54 Å². The van der Waals surface area contributed by atoms with Crippen molar-refractivity contribution in [2.75, 3.05) is 0 Å². The lowest BCUT2D eigenvalue weighted by Gasteiger charge is -2.25. The maximum atomic E-state index is 8.72. The highest BCUT2D eigenvalue weighted by molar-refractivity contribution is 5.90. The minimum atomic E-state index is -0.287. The Morgan fingerprint density at radius 1 is 1.33 bits per heavy atom. The van der Waals surface area contributed by atoms with Crippen molar-refractivity contribution in [3.63, 3.8) is 0 Å². The van der Waals surface area contributed by atoms with Gasteiger partial charge in [0, 0.05) is 6.54 Å². The zero-order valence-corrected chi connectivity index (χ0v) is 9.49. The highest BCUT2D eigenvalue weighted by Crippen LogP contribution is 2.07. The second-order valence-corrected chi connectivity index (χ2v) is 4.15. The maximum Gasteiger partial charge on any atom is 0.0734 e. The van der Waals surface area contributed by atoms with E-state index in [9.17, 15) is 0 Å². The van der Waals surface area contributed by atoms with Crippen molar-refractivity contribution in [1.29, 1.82) is 0 Å². The molecule has 0 aliphatic carbocycles. The first kappa shape index (κ1) is 11.7. The molecule has 1 aromatic carbocycles. The van der Waals surface area contributed by atoms with E-state index in [-0.39, 0.29) is 5.54 Å². The lowest BCUT2D eigenvalue weighted by molar-refractivity contribution is 0.310. The van der Waals surface area contributed by atoms with Crippen LogP contribution in [0.25, 0.3) is 0 Å². The quantitative estimate of drug-likeness (QED) is 0.451. The van der Waals surface area contributed by atoms with E-state index in [1.54, 1.807) is 6.92 Å². The van der Waals surface area contributed by atoms with Crippen molar-refractivity contribution in [2.24, 2.45) is 5.16 Å². The first-order valence-electron chi connectivity index (χ1n) is 5.04. The molecule has 0 atom stereocenters. The number of hydrogen-bond donors (Lipinski definition) is 2. The van der Waals surface area contributed by atoms with Gasteiger partial charge in [0.05, 0.1) is 11.3 Å². The fraction of sp³-hybridized carbons (Fsp3) is 0.417. The van der Waals surface area contributed by atoms with Crippen LogP contribution in [0.1, 0.15) is 26.3 Å². The van der Waals surface area contributed by atoms with Gasteiger partial charge in [-0.1, -0.05) is 35.5 Å². The molecule has 1 rings (SSSR count). The Bertz CT molecular complexity index is 331. The van der Waals surface area contributed by atoms with E-state index in [2.05, 4.69) is 22.6 Å². The first-order valence-corrected chi connectivity index (χ1v) is 5.04. The summed E-state index contributed by atoms with van der Waals surface area (Å²) in [7, 11) is 0. The van der Waals surface area contributed by atoms with Gasteiger partial charge in [0.2, 0.25) is 0 Å². The summed E-state index contributed by atoms with van der Waals surface area (Å²) in [4.78, 5) is 0. The van der Waals surface area contributed by atoms with Crippen LogP contribution in [0.5, 0.6) is 0 Å². The summed E-state index contributed by atoms with van der Waals surface area (Å²) >= 11 is 0. The smallest absolute Gasteiger partial charge is 0.0734 e. The third-order valence-electron chi connectivity index (χ3n) is 2.63. The molecule has 3 heteroatoms. The molecular weight excluding hydrogens is 188 g/mol. The van der Waals surface area contributed by atoms with E-state index < -0.39 is 0 Å². The first-order chi connectivity index (χ1) is 7.06. The summed E-state index contributed by atoms with van der Waals surface area (Å²) in [5, 5.41) is 15.3. The number of nitrogens with zero attached hydrogens (tertiary/aromatic N) is 1. The summed E-state index contributed by atoms with van der Waals surface area (Å²) in [6, 6.07) is 10.1. The molecule has 3 nitrogen and oxygen atoms in total. The predicted octanol–water partition coefficient (Wildman–Crippen LogP) is 2.40. The van der Waals surface area contributed by atoms with Crippen molar-refractivity contribution in [3.05, 3.63) is 35.9 Å². The Balaban J connectivity index is 2.57. The third kappa shape index (κ3) is 3.36. The molecule has 0 saturated carbocycles. The van der Waals surface area contributed by atoms with Crippen LogP contribution in [0, 0.1) is 0 Å². The molecule has 0 saturated heterocycles. The summed E-state index contributed by atoms with van der Waals surface area (Å²) in [6.45, 7) is 6.55. The standard InChI is InChI=1S/C12H18N2O/c1-10(14-15)12(2,3)13-9-11-7-5-4-6-8-11/h4-8,13,15H,9H2,1-3H3/b14-10-. The lowest BCUT2D eigenvalue weighted by atomic mass is 9.99. The van der Waals surface area contributed by atoms with Crippen molar-refractivity contribution in [3.8, 4) is 0 Å². The molecule has 0 spiro atoms. The Kier molecular flexibility index (Phi) is 3.86. The van der Waals surface area contributed by atoms with Crippen molar-refractivity contribution in [1.82, 2.24) is 5.32 Å². The molecule has 0 aliphatic rings. The maximum absolute atomic E-state index is 8.72. The average Bonchev–Trinajstić information content (AvgIpc) is 2.27. The van der Waals surface area contributed by atoms with Crippen LogP contribution in [-0.2, 0) is 6.54 Å². The number of oxime groups is 1. The zero-order valence-electron chi connectivity index (χ0n) is 9.49. The van der Waals surface area contributed by atoms with Gasteiger partial charge in [-0.3, -0.25) is 0 Å². The van der Waals surface area contributed by atoms with E-state index in [0.29, 0.717) is 5.71 Å². The average molecular weight is 206 g/mol. The highest BCUT2D eigenvalue weighted by Gasteiger charge is 2.20. The molecule has 15 heavy (non-hydrogen) atoms. The SMILES string of the molecule is C/C(=N/O)C(C)(C)NCc1ccccc1. The van der Waals surface area contributed by atoms with Crippen molar-refractivity contribution >= 4 is 5.71 Å². The monoisotopic (exact) mass is 206 g/mol. The lowest BCUT2D eigenvalue weighted by Crippen LogP contribution is -2.45. The van der Waals surface area contributed by atoms with E-state index in [4.69, 9.17) is 5.21 Å². The van der Waals surface area contributed by atoms with Gasteiger partial charge in [0.15, 0.2) is 0 Å². The minimum Gasteiger partial charge on any atom is -0.411 e. The molecule has 1 aromatic rings. The van der Waals surface area contributed by atoms with Crippen LogP contribution in [-0.4, -0.2) is 16.5 Å². The van der Waals surface area contributed by atoms with Gasteiger partial charge in [-0.05, 0) is 26.3 Å². The summed E-state index contributed by atoms with van der Waals surface area (Å²) in [5.41, 5.74) is 1.61. The summed E-state index contributed by atoms with van der Waals surface area (Å²) < 4.78 is 0. The zero-order chi connectivity index (χ0) is 11.3. The number of rotatable bonds is 4. The van der Waals surface area contributed by atoms with Crippen LogP contribution < -0.4 is 5.32 Å². The van der Waals surface area contributed by atoms with Gasteiger partial charge < -0.3 is 10.5 Å². The topological polar surface area (TPSA) is 44.6 Å². The normalized spacial score (nSPS) is 12.9. The molecule has 0 aromatic heterocycles. The predicted molar refractivity (Wildman–Crippen MR) is 62.3 cm³/mol. The molecule has 0 aliphatic heterocycles. The molecule has 0 amide bonds. The van der Waals surface area contributed by atoms with E-state index in [1.165, 1.54) is 5.56 Å². The Morgan fingerprint density at radius 3 is 2.47 bits per heavy atom. The molecule has 0 radical (unpaired) electrons. The van der Waals surface area contributed by atoms with Crippen LogP contribution in [0.3, 0.4) is 0 Å². The van der Waals surface area contributed by atoms with Gasteiger partial charge in [0.25, 0.3) is 0 Å². The van der Waals surface area contributed by atoms with Crippen LogP contribution in [0.15, 0.2) is 35.5 Å². The molecule has 0 bridgehead atoms. The Hall–Kier alpha value is -1.35. The van der Waals surface area contributed by atoms with Crippen LogP contribution in [0.2, 0.25) is 0 Å². The second kappa shape index (κ2) is 4.94. The van der Waals surface area contributed by atoms with Gasteiger partial charge in [0.1, 0.15) is 0 Å². The van der Waals surface area contributed by atoms with Gasteiger partial charge in [-0.2, -0.15) is 0 Å². The summed E-state index contributed by atoms with van der Waals surface area (Å²) in [6.07, 6.45) is 0. The van der Waals surface area contributed by atoms with Gasteiger partial charge in [-0.25, -0.2) is 0 Å². The third-order valence-corrected chi connectivity index (χ3v) is 2.63. The number of hydrogen-bond acceptors (Lipinski definition) is 3. The molecule has 0 heterocycles. The Morgan fingerprint density at radius 2 is 1.93 bits per heavy atom. The van der Waals surface area contributed by atoms with E-state index in [1.807, 2.05) is 32.0 Å². The minimum absolute atomic E-state index is 0.287. The van der Waals surface area contributed by atoms with Crippen molar-refractivity contribution < 1.29 is 5.21 Å². The largest absolute Gasteiger partial charge is 0.411 e. The van der Waals surface area contributed by atoms with E-state index >= 15 is 0 Å². The van der Waals surface area contributed by atoms with Gasteiger partial charge >= 0.3 is 0 Å². The fourth-order valence-corrected chi connectivity index (χ4v) is 1.17. The fourth-order valence-electron chi connectivity index (χ4n) is 1.17. The molecule has 0 unspecified atom stereocenters. The van der Waals surface area contributed by atoms with Crippen LogP contribution in [0.4, 0.5) is 0 Å². The Labute approximate surface area is 90.8 Å².